The second-order valence-corrected chi connectivity index (χ2v) is 5.25. The maximum atomic E-state index is 12.2. The molecule has 120 valence electrons. The first-order valence-electron chi connectivity index (χ1n) is 7.32. The van der Waals surface area contributed by atoms with Crippen LogP contribution < -0.4 is 10.7 Å². The highest BCUT2D eigenvalue weighted by atomic mass is 16.2. The SMILES string of the molecule is C/C=C/CN1C(N/N=C(\C)CC)=NC2C1C(=O)NC(=O)N2C. The molecule has 3 amide bonds. The van der Waals surface area contributed by atoms with Gasteiger partial charge in [0.1, 0.15) is 0 Å². The van der Waals surface area contributed by atoms with Crippen LogP contribution in [0.3, 0.4) is 0 Å². The van der Waals surface area contributed by atoms with Gasteiger partial charge in [0.05, 0.1) is 0 Å². The van der Waals surface area contributed by atoms with Crippen LogP contribution >= 0.6 is 0 Å². The van der Waals surface area contributed by atoms with Crippen LogP contribution in [0.25, 0.3) is 0 Å². The highest BCUT2D eigenvalue weighted by molar-refractivity contribution is 6.03. The van der Waals surface area contributed by atoms with Gasteiger partial charge in [-0.25, -0.2) is 15.2 Å². The van der Waals surface area contributed by atoms with Gasteiger partial charge in [-0.15, -0.1) is 0 Å². The van der Waals surface area contributed by atoms with E-state index in [1.54, 1.807) is 7.05 Å². The van der Waals surface area contributed by atoms with E-state index in [4.69, 9.17) is 0 Å². The fourth-order valence-corrected chi connectivity index (χ4v) is 2.26. The number of aliphatic imine (C=N–C) groups is 1. The van der Waals surface area contributed by atoms with Crippen molar-refractivity contribution in [2.75, 3.05) is 13.6 Å². The maximum Gasteiger partial charge on any atom is 0.325 e. The Labute approximate surface area is 129 Å². The van der Waals surface area contributed by atoms with Gasteiger partial charge >= 0.3 is 6.03 Å². The van der Waals surface area contributed by atoms with Crippen LogP contribution in [0.5, 0.6) is 0 Å². The van der Waals surface area contributed by atoms with Crippen LogP contribution in [0.1, 0.15) is 27.2 Å². The molecule has 2 rings (SSSR count). The molecule has 0 aromatic carbocycles. The third-order valence-electron chi connectivity index (χ3n) is 3.76. The molecule has 2 N–H and O–H groups in total. The van der Waals surface area contributed by atoms with Crippen molar-refractivity contribution >= 4 is 23.6 Å². The second kappa shape index (κ2) is 6.59. The van der Waals surface area contributed by atoms with Gasteiger partial charge in [0.2, 0.25) is 5.96 Å². The van der Waals surface area contributed by atoms with E-state index in [0.29, 0.717) is 12.5 Å². The summed E-state index contributed by atoms with van der Waals surface area (Å²) in [5, 5.41) is 6.59. The molecule has 2 unspecified atom stereocenters. The van der Waals surface area contributed by atoms with Crippen LogP contribution in [0, 0.1) is 0 Å². The average Bonchev–Trinajstić information content (AvgIpc) is 2.87. The Kier molecular flexibility index (Phi) is 4.79. The lowest BCUT2D eigenvalue weighted by Crippen LogP contribution is -2.64. The lowest BCUT2D eigenvalue weighted by Gasteiger charge is -2.35. The smallest absolute Gasteiger partial charge is 0.322 e. The summed E-state index contributed by atoms with van der Waals surface area (Å²) in [6.07, 6.45) is 4.12. The average molecular weight is 306 g/mol. The van der Waals surface area contributed by atoms with Crippen molar-refractivity contribution in [2.45, 2.75) is 39.4 Å². The van der Waals surface area contributed by atoms with Gasteiger partial charge in [0, 0.05) is 19.3 Å². The molecule has 22 heavy (non-hydrogen) atoms. The first-order valence-corrected chi connectivity index (χ1v) is 7.32. The molecule has 1 saturated heterocycles. The first-order chi connectivity index (χ1) is 10.5. The molecule has 0 aromatic heterocycles. The summed E-state index contributed by atoms with van der Waals surface area (Å²) in [5.74, 6) is 0.159. The molecule has 1 fully saturated rings. The van der Waals surface area contributed by atoms with Gasteiger partial charge in [0.15, 0.2) is 12.2 Å². The highest BCUT2D eigenvalue weighted by Crippen LogP contribution is 2.23. The summed E-state index contributed by atoms with van der Waals surface area (Å²) >= 11 is 0. The number of carbonyl (C=O) groups excluding carboxylic acids is 2. The van der Waals surface area contributed by atoms with E-state index in [-0.39, 0.29) is 5.91 Å². The number of fused-ring (bicyclic) bond motifs is 1. The largest absolute Gasteiger partial charge is 0.325 e. The Morgan fingerprint density at radius 3 is 2.86 bits per heavy atom. The number of carbonyl (C=O) groups is 2. The quantitative estimate of drug-likeness (QED) is 0.449. The number of hydrogen-bond acceptors (Lipinski definition) is 6. The second-order valence-electron chi connectivity index (χ2n) is 5.25. The summed E-state index contributed by atoms with van der Waals surface area (Å²) in [4.78, 5) is 31.6. The van der Waals surface area contributed by atoms with Crippen LogP contribution in [0.2, 0.25) is 0 Å². The van der Waals surface area contributed by atoms with Crippen molar-refractivity contribution in [1.29, 1.82) is 0 Å². The number of allylic oxidation sites excluding steroid dienone is 1. The van der Waals surface area contributed by atoms with Crippen molar-refractivity contribution < 1.29 is 9.59 Å². The zero-order valence-corrected chi connectivity index (χ0v) is 13.3. The number of urea groups is 1. The van der Waals surface area contributed by atoms with Gasteiger partial charge in [-0.3, -0.25) is 10.1 Å². The number of hydrazone groups is 1. The van der Waals surface area contributed by atoms with Crippen molar-refractivity contribution in [2.24, 2.45) is 10.1 Å². The van der Waals surface area contributed by atoms with Gasteiger partial charge in [-0.2, -0.15) is 5.10 Å². The Hall–Kier alpha value is -2.38. The van der Waals surface area contributed by atoms with Gasteiger partial charge < -0.3 is 9.80 Å². The number of rotatable bonds is 4. The monoisotopic (exact) mass is 306 g/mol. The summed E-state index contributed by atoms with van der Waals surface area (Å²) in [5.41, 5.74) is 3.84. The lowest BCUT2D eigenvalue weighted by molar-refractivity contribution is -0.126. The van der Waals surface area contributed by atoms with Gasteiger partial charge in [-0.05, 0) is 20.3 Å². The molecule has 0 radical (unpaired) electrons. The minimum Gasteiger partial charge on any atom is -0.322 e. The molecular weight excluding hydrogens is 284 g/mol. The van der Waals surface area contributed by atoms with Crippen LogP contribution in [0.15, 0.2) is 22.2 Å². The molecule has 0 spiro atoms. The van der Waals surface area contributed by atoms with E-state index in [9.17, 15) is 9.59 Å². The minimum absolute atomic E-state index is 0.339. The summed E-state index contributed by atoms with van der Waals surface area (Å²) in [7, 11) is 1.63. The van der Waals surface area contributed by atoms with E-state index in [2.05, 4.69) is 20.8 Å². The number of nitrogens with one attached hydrogen (secondary N) is 2. The van der Waals surface area contributed by atoms with Gasteiger partial charge in [-0.1, -0.05) is 19.1 Å². The van der Waals surface area contributed by atoms with E-state index < -0.39 is 18.2 Å². The van der Waals surface area contributed by atoms with E-state index in [1.807, 2.05) is 37.8 Å². The Bertz CT molecular complexity index is 554. The van der Waals surface area contributed by atoms with Crippen molar-refractivity contribution in [3.8, 4) is 0 Å². The number of likely N-dealkylation sites (N-methyl/N-ethyl adjacent to an activating group) is 1. The zero-order chi connectivity index (χ0) is 16.3. The highest BCUT2D eigenvalue weighted by Gasteiger charge is 2.48. The molecule has 8 heteroatoms. The molecule has 0 bridgehead atoms. The Morgan fingerprint density at radius 2 is 2.23 bits per heavy atom. The predicted octanol–water partition coefficient (Wildman–Crippen LogP) is 0.486. The number of amides is 3. The molecular formula is C14H22N6O2. The van der Waals surface area contributed by atoms with Crippen molar-refractivity contribution in [3.05, 3.63) is 12.2 Å². The normalized spacial score (nSPS) is 25.5. The first kappa shape index (κ1) is 16.0. The third-order valence-corrected chi connectivity index (χ3v) is 3.76. The van der Waals surface area contributed by atoms with Crippen LogP contribution in [-0.2, 0) is 4.79 Å². The van der Waals surface area contributed by atoms with E-state index >= 15 is 0 Å². The third kappa shape index (κ3) is 2.95. The fraction of sp³-hybridized carbons (Fsp3) is 0.571. The lowest BCUT2D eigenvalue weighted by atomic mass is 10.1. The predicted molar refractivity (Wildman–Crippen MR) is 84.4 cm³/mol. The maximum absolute atomic E-state index is 12.2. The number of guanidine groups is 1. The van der Waals surface area contributed by atoms with E-state index in [0.717, 1.165) is 12.1 Å². The van der Waals surface area contributed by atoms with Crippen LogP contribution in [-0.4, -0.2) is 59.2 Å². The molecule has 2 aliphatic heterocycles. The van der Waals surface area contributed by atoms with Crippen molar-refractivity contribution in [1.82, 2.24) is 20.5 Å². The minimum atomic E-state index is -0.543. The Balaban J connectivity index is 2.28. The molecule has 2 atom stereocenters. The standard InChI is InChI=1S/C14H22N6O2/c1-5-7-8-20-10-11(19(4)14(22)16-12(10)21)15-13(20)18-17-9(3)6-2/h5,7,10-11H,6,8H2,1-4H3,(H,15,18)(H,16,21,22)/b7-5+,17-9+. The molecule has 0 saturated carbocycles. The summed E-state index contributed by atoms with van der Waals surface area (Å²) < 4.78 is 0. The molecule has 2 heterocycles. The zero-order valence-electron chi connectivity index (χ0n) is 13.3. The topological polar surface area (TPSA) is 89.4 Å². The fourth-order valence-electron chi connectivity index (χ4n) is 2.26. The summed E-state index contributed by atoms with van der Waals surface area (Å²) in [6.45, 7) is 6.34. The number of hydrogen-bond donors (Lipinski definition) is 2. The van der Waals surface area contributed by atoms with Crippen LogP contribution in [0.4, 0.5) is 4.79 Å². The molecule has 2 aliphatic rings. The van der Waals surface area contributed by atoms with E-state index in [1.165, 1.54) is 4.90 Å². The Morgan fingerprint density at radius 1 is 1.50 bits per heavy atom. The molecule has 0 aromatic rings. The van der Waals surface area contributed by atoms with Crippen molar-refractivity contribution in [3.63, 3.8) is 0 Å². The number of nitrogens with zero attached hydrogens (tertiary/aromatic N) is 4. The summed E-state index contributed by atoms with van der Waals surface area (Å²) in [6, 6.07) is -0.978. The number of imide groups is 1. The molecule has 0 aliphatic carbocycles. The molecule has 8 nitrogen and oxygen atoms in total. The van der Waals surface area contributed by atoms with Gasteiger partial charge in [0.25, 0.3) is 5.91 Å².